The number of aromatic nitrogens is 1. The van der Waals surface area contributed by atoms with Crippen LogP contribution < -0.4 is 11.1 Å². The lowest BCUT2D eigenvalue weighted by atomic mass is 10.0. The predicted molar refractivity (Wildman–Crippen MR) is 87.1 cm³/mol. The summed E-state index contributed by atoms with van der Waals surface area (Å²) in [6.45, 7) is 6.19. The number of aryl methyl sites for hydroxylation is 1. The van der Waals surface area contributed by atoms with E-state index in [9.17, 15) is 13.6 Å². The Bertz CT molecular complexity index is 709. The van der Waals surface area contributed by atoms with Crippen molar-refractivity contribution in [2.45, 2.75) is 39.7 Å². The van der Waals surface area contributed by atoms with Crippen LogP contribution in [0.1, 0.15) is 31.5 Å². The maximum absolute atomic E-state index is 13.8. The van der Waals surface area contributed by atoms with E-state index < -0.39 is 17.7 Å². The Morgan fingerprint density at radius 1 is 1.35 bits per heavy atom. The molecular weight excluding hydrogens is 300 g/mol. The van der Waals surface area contributed by atoms with Crippen LogP contribution in [0.4, 0.5) is 8.78 Å². The number of H-pyrrole nitrogens is 1. The van der Waals surface area contributed by atoms with Gasteiger partial charge in [-0.1, -0.05) is 13.8 Å². The first-order valence-electron chi connectivity index (χ1n) is 7.79. The maximum Gasteiger partial charge on any atom is 0.236 e. The fraction of sp³-hybridized carbons (Fsp3) is 0.471. The SMILES string of the molecule is Cc1[nH]c2c(F)cc(F)cc2c1CCNC(=O)[C@H](N)CC(C)C. The molecule has 4 nitrogen and oxygen atoms in total. The van der Waals surface area contributed by atoms with Crippen molar-refractivity contribution in [3.63, 3.8) is 0 Å². The first-order chi connectivity index (χ1) is 10.8. The molecular formula is C17H23F2N3O. The topological polar surface area (TPSA) is 70.9 Å². The quantitative estimate of drug-likeness (QED) is 0.765. The molecule has 1 aromatic carbocycles. The molecule has 2 rings (SSSR count). The van der Waals surface area contributed by atoms with E-state index in [0.717, 1.165) is 17.3 Å². The fourth-order valence-electron chi connectivity index (χ4n) is 2.78. The third-order valence-corrected chi connectivity index (χ3v) is 3.88. The van der Waals surface area contributed by atoms with Crippen molar-refractivity contribution >= 4 is 16.8 Å². The number of carbonyl (C=O) groups is 1. The molecule has 0 aliphatic carbocycles. The van der Waals surface area contributed by atoms with Crippen molar-refractivity contribution in [1.29, 1.82) is 0 Å². The Hall–Kier alpha value is -1.95. The zero-order chi connectivity index (χ0) is 17.1. The number of amides is 1. The monoisotopic (exact) mass is 323 g/mol. The van der Waals surface area contributed by atoms with Gasteiger partial charge in [0.05, 0.1) is 11.6 Å². The molecule has 2 aromatic rings. The molecule has 0 fully saturated rings. The molecule has 0 unspecified atom stereocenters. The molecule has 0 radical (unpaired) electrons. The fourth-order valence-corrected chi connectivity index (χ4v) is 2.78. The van der Waals surface area contributed by atoms with Crippen molar-refractivity contribution in [3.05, 3.63) is 35.0 Å². The van der Waals surface area contributed by atoms with E-state index in [4.69, 9.17) is 5.73 Å². The van der Waals surface area contributed by atoms with Gasteiger partial charge in [-0.05, 0) is 37.3 Å². The van der Waals surface area contributed by atoms with Crippen LogP contribution in [0.15, 0.2) is 12.1 Å². The van der Waals surface area contributed by atoms with Crippen molar-refractivity contribution in [2.75, 3.05) is 6.54 Å². The second kappa shape index (κ2) is 7.08. The van der Waals surface area contributed by atoms with Gasteiger partial charge in [0.25, 0.3) is 0 Å². The van der Waals surface area contributed by atoms with Crippen LogP contribution in [0.25, 0.3) is 10.9 Å². The molecule has 1 atom stereocenters. The lowest BCUT2D eigenvalue weighted by Crippen LogP contribution is -2.42. The van der Waals surface area contributed by atoms with E-state index in [-0.39, 0.29) is 5.91 Å². The van der Waals surface area contributed by atoms with Crippen molar-refractivity contribution in [1.82, 2.24) is 10.3 Å². The highest BCUT2D eigenvalue weighted by Crippen LogP contribution is 2.25. The van der Waals surface area contributed by atoms with Crippen LogP contribution in [-0.2, 0) is 11.2 Å². The van der Waals surface area contributed by atoms with Gasteiger partial charge in [0.2, 0.25) is 5.91 Å². The summed E-state index contributed by atoms with van der Waals surface area (Å²) in [5.41, 5.74) is 7.68. The van der Waals surface area contributed by atoms with Gasteiger partial charge < -0.3 is 16.0 Å². The zero-order valence-corrected chi connectivity index (χ0v) is 13.7. The highest BCUT2D eigenvalue weighted by atomic mass is 19.1. The predicted octanol–water partition coefficient (Wildman–Crippen LogP) is 2.79. The summed E-state index contributed by atoms with van der Waals surface area (Å²) in [6, 6.07) is 1.63. The highest BCUT2D eigenvalue weighted by molar-refractivity contribution is 5.85. The summed E-state index contributed by atoms with van der Waals surface area (Å²) in [5.74, 6) is -1.08. The number of hydrogen-bond donors (Lipinski definition) is 3. The molecule has 0 aliphatic heterocycles. The molecule has 1 amide bonds. The van der Waals surface area contributed by atoms with Gasteiger partial charge in [0, 0.05) is 23.7 Å². The molecule has 1 heterocycles. The van der Waals surface area contributed by atoms with Crippen LogP contribution in [0, 0.1) is 24.5 Å². The summed E-state index contributed by atoms with van der Waals surface area (Å²) >= 11 is 0. The number of nitrogens with two attached hydrogens (primary N) is 1. The molecule has 0 aliphatic rings. The molecule has 1 aromatic heterocycles. The second-order valence-corrected chi connectivity index (χ2v) is 6.32. The molecule has 0 spiro atoms. The number of fused-ring (bicyclic) bond motifs is 1. The minimum atomic E-state index is -0.614. The summed E-state index contributed by atoms with van der Waals surface area (Å²) in [4.78, 5) is 14.8. The molecule has 0 saturated carbocycles. The van der Waals surface area contributed by atoms with Gasteiger partial charge in [-0.25, -0.2) is 8.78 Å². The number of rotatable bonds is 6. The smallest absolute Gasteiger partial charge is 0.236 e. The Kier molecular flexibility index (Phi) is 5.36. The van der Waals surface area contributed by atoms with Gasteiger partial charge in [0.15, 0.2) is 0 Å². The van der Waals surface area contributed by atoms with Crippen LogP contribution in [0.5, 0.6) is 0 Å². The van der Waals surface area contributed by atoms with Crippen molar-refractivity contribution < 1.29 is 13.6 Å². The molecule has 23 heavy (non-hydrogen) atoms. The second-order valence-electron chi connectivity index (χ2n) is 6.32. The summed E-state index contributed by atoms with van der Waals surface area (Å²) in [5, 5.41) is 3.30. The number of benzene rings is 1. The Morgan fingerprint density at radius 3 is 2.70 bits per heavy atom. The summed E-state index contributed by atoms with van der Waals surface area (Å²) < 4.78 is 27.2. The standard InChI is InChI=1S/C17H23F2N3O/c1-9(2)6-15(20)17(23)21-5-4-12-10(3)22-16-13(12)7-11(18)8-14(16)19/h7-9,15,22H,4-6,20H2,1-3H3,(H,21,23)/t15-/m1/s1. The van der Waals surface area contributed by atoms with Gasteiger partial charge in [0.1, 0.15) is 11.6 Å². The van der Waals surface area contributed by atoms with E-state index >= 15 is 0 Å². The summed E-state index contributed by atoms with van der Waals surface area (Å²) in [6.07, 6.45) is 1.10. The van der Waals surface area contributed by atoms with Crippen LogP contribution in [-0.4, -0.2) is 23.5 Å². The normalized spacial score (nSPS) is 12.8. The molecule has 0 saturated heterocycles. The molecule has 4 N–H and O–H groups in total. The van der Waals surface area contributed by atoms with Gasteiger partial charge in [-0.2, -0.15) is 0 Å². The third-order valence-electron chi connectivity index (χ3n) is 3.88. The number of aromatic amines is 1. The Morgan fingerprint density at radius 2 is 2.04 bits per heavy atom. The maximum atomic E-state index is 13.8. The zero-order valence-electron chi connectivity index (χ0n) is 13.7. The van der Waals surface area contributed by atoms with E-state index in [2.05, 4.69) is 10.3 Å². The lowest BCUT2D eigenvalue weighted by molar-refractivity contribution is -0.122. The highest BCUT2D eigenvalue weighted by Gasteiger charge is 2.16. The van der Waals surface area contributed by atoms with Gasteiger partial charge in [-0.3, -0.25) is 4.79 Å². The van der Waals surface area contributed by atoms with E-state index in [1.165, 1.54) is 6.07 Å². The Labute approximate surface area is 134 Å². The largest absolute Gasteiger partial charge is 0.356 e. The lowest BCUT2D eigenvalue weighted by Gasteiger charge is -2.14. The average Bonchev–Trinajstić information content (AvgIpc) is 2.75. The molecule has 126 valence electrons. The van der Waals surface area contributed by atoms with E-state index in [0.29, 0.717) is 36.2 Å². The van der Waals surface area contributed by atoms with Crippen molar-refractivity contribution in [3.8, 4) is 0 Å². The average molecular weight is 323 g/mol. The molecule has 6 heteroatoms. The van der Waals surface area contributed by atoms with Crippen molar-refractivity contribution in [2.24, 2.45) is 11.7 Å². The third kappa shape index (κ3) is 4.07. The number of halogens is 2. The van der Waals surface area contributed by atoms with Gasteiger partial charge >= 0.3 is 0 Å². The van der Waals surface area contributed by atoms with Crippen LogP contribution in [0.3, 0.4) is 0 Å². The minimum absolute atomic E-state index is 0.200. The van der Waals surface area contributed by atoms with Gasteiger partial charge in [-0.15, -0.1) is 0 Å². The van der Waals surface area contributed by atoms with Crippen LogP contribution >= 0.6 is 0 Å². The molecule has 0 bridgehead atoms. The Balaban J connectivity index is 2.05. The number of carbonyl (C=O) groups excluding carboxylic acids is 1. The summed E-state index contributed by atoms with van der Waals surface area (Å²) in [7, 11) is 0. The van der Waals surface area contributed by atoms with E-state index in [1.807, 2.05) is 13.8 Å². The minimum Gasteiger partial charge on any atom is -0.356 e. The number of hydrogen-bond acceptors (Lipinski definition) is 2. The number of nitrogens with one attached hydrogen (secondary N) is 2. The first kappa shape index (κ1) is 17.4. The van der Waals surface area contributed by atoms with E-state index in [1.54, 1.807) is 6.92 Å². The van der Waals surface area contributed by atoms with Crippen LogP contribution in [0.2, 0.25) is 0 Å². The first-order valence-corrected chi connectivity index (χ1v) is 7.79.